The predicted octanol–water partition coefficient (Wildman–Crippen LogP) is -5.53. The standard InChI is InChI=1S/C33H55N11O10/c1-16(26(37)47)38-29(50)20-10-4-5-11-21(40-28(49)19(35)9-6-7-13-34)30(51)42-22(15-24(36)46)33(54)44-14-8-12-23(44)31(52)39-17(2)27(48)43-25(18(3)45)32(53)41-20/h4-5,16-23,25,45H,6-15,34-35H2,1-3H3,(H2,36,46)(H2,37,47)(H,38,50)(H,39,52)(H,40,49)(H,41,53)(H,42,51)(H,43,48)/b5-4+/t16-,17-,18+,19-,20-,21-,22-,23-,25-/m0/s1. The number of aliphatic hydroxyl groups excluding tert-OH is 1. The molecule has 2 heterocycles. The third-order valence-corrected chi connectivity index (χ3v) is 8.94. The molecular formula is C33H55N11O10. The number of carbonyl (C=O) groups is 9. The summed E-state index contributed by atoms with van der Waals surface area (Å²) in [6, 6.07) is -10.5. The van der Waals surface area contributed by atoms with Gasteiger partial charge in [0.15, 0.2) is 0 Å². The molecule has 15 N–H and O–H groups in total. The Bertz CT molecular complexity index is 1440. The van der Waals surface area contributed by atoms with E-state index in [1.165, 1.54) is 32.9 Å². The van der Waals surface area contributed by atoms with E-state index < -0.39 is 114 Å². The smallest absolute Gasteiger partial charge is 0.246 e. The normalized spacial score (nSPS) is 27.1. The van der Waals surface area contributed by atoms with Crippen molar-refractivity contribution in [3.63, 3.8) is 0 Å². The Morgan fingerprint density at radius 1 is 0.926 bits per heavy atom. The van der Waals surface area contributed by atoms with Crippen molar-refractivity contribution in [1.29, 1.82) is 0 Å². The van der Waals surface area contributed by atoms with E-state index in [0.29, 0.717) is 25.8 Å². The molecule has 21 nitrogen and oxygen atoms in total. The van der Waals surface area contributed by atoms with E-state index in [0.717, 1.165) is 4.90 Å². The van der Waals surface area contributed by atoms with Crippen LogP contribution in [0.4, 0.5) is 0 Å². The lowest BCUT2D eigenvalue weighted by Crippen LogP contribution is -2.61. The number of nitrogens with two attached hydrogens (primary N) is 4. The third kappa shape index (κ3) is 13.7. The number of primary amides is 2. The van der Waals surface area contributed by atoms with Crippen LogP contribution in [-0.4, -0.2) is 131 Å². The Labute approximate surface area is 312 Å². The number of hydrogen-bond acceptors (Lipinski definition) is 12. The van der Waals surface area contributed by atoms with Gasteiger partial charge in [0, 0.05) is 6.54 Å². The first kappa shape index (κ1) is 45.0. The van der Waals surface area contributed by atoms with Crippen molar-refractivity contribution in [3.05, 3.63) is 12.2 Å². The summed E-state index contributed by atoms with van der Waals surface area (Å²) in [5.74, 6) is -7.72. The second kappa shape index (κ2) is 21.5. The lowest BCUT2D eigenvalue weighted by atomic mass is 10.0. The van der Waals surface area contributed by atoms with Crippen molar-refractivity contribution in [2.75, 3.05) is 13.1 Å². The molecule has 0 saturated carbocycles. The van der Waals surface area contributed by atoms with Gasteiger partial charge in [0.2, 0.25) is 53.2 Å². The van der Waals surface area contributed by atoms with Gasteiger partial charge in [-0.05, 0) is 65.8 Å². The molecule has 0 aromatic rings. The molecule has 0 aromatic carbocycles. The minimum absolute atomic E-state index is 0.0699. The fourth-order valence-corrected chi connectivity index (χ4v) is 5.73. The van der Waals surface area contributed by atoms with E-state index in [4.69, 9.17) is 22.9 Å². The number of nitrogens with one attached hydrogen (secondary N) is 6. The zero-order valence-corrected chi connectivity index (χ0v) is 30.8. The van der Waals surface area contributed by atoms with E-state index in [9.17, 15) is 48.3 Å². The molecule has 0 bridgehead atoms. The molecular weight excluding hydrogens is 710 g/mol. The van der Waals surface area contributed by atoms with Gasteiger partial charge in [0.25, 0.3) is 0 Å². The molecule has 302 valence electrons. The number of fused-ring (bicyclic) bond motifs is 1. The van der Waals surface area contributed by atoms with Crippen molar-refractivity contribution >= 4 is 53.2 Å². The number of rotatable bonds is 12. The van der Waals surface area contributed by atoms with Crippen molar-refractivity contribution < 1.29 is 48.3 Å². The van der Waals surface area contributed by atoms with Gasteiger partial charge >= 0.3 is 0 Å². The van der Waals surface area contributed by atoms with Gasteiger partial charge in [-0.15, -0.1) is 0 Å². The van der Waals surface area contributed by atoms with Crippen molar-refractivity contribution in [2.45, 2.75) is 127 Å². The monoisotopic (exact) mass is 765 g/mol. The van der Waals surface area contributed by atoms with Gasteiger partial charge in [-0.2, -0.15) is 0 Å². The first-order valence-corrected chi connectivity index (χ1v) is 17.9. The Morgan fingerprint density at radius 2 is 1.59 bits per heavy atom. The first-order valence-electron chi connectivity index (χ1n) is 17.9. The summed E-state index contributed by atoms with van der Waals surface area (Å²) in [6.07, 6.45) is 2.05. The fraction of sp³-hybridized carbons (Fsp3) is 0.667. The van der Waals surface area contributed by atoms with Gasteiger partial charge in [0.1, 0.15) is 42.3 Å². The van der Waals surface area contributed by atoms with Crippen LogP contribution in [0.2, 0.25) is 0 Å². The summed E-state index contributed by atoms with van der Waals surface area (Å²) in [7, 11) is 0. The van der Waals surface area contributed by atoms with Crippen LogP contribution in [0.1, 0.15) is 72.1 Å². The molecule has 0 spiro atoms. The van der Waals surface area contributed by atoms with Crippen LogP contribution in [0.5, 0.6) is 0 Å². The molecule has 0 unspecified atom stereocenters. The summed E-state index contributed by atoms with van der Waals surface area (Å²) in [5.41, 5.74) is 22.3. The van der Waals surface area contributed by atoms with Crippen LogP contribution in [0.3, 0.4) is 0 Å². The minimum atomic E-state index is -1.62. The molecule has 0 aliphatic carbocycles. The highest BCUT2D eigenvalue weighted by molar-refractivity contribution is 5.99. The summed E-state index contributed by atoms with van der Waals surface area (Å²) < 4.78 is 0. The summed E-state index contributed by atoms with van der Waals surface area (Å²) in [4.78, 5) is 119. The lowest BCUT2D eigenvalue weighted by Gasteiger charge is -2.30. The van der Waals surface area contributed by atoms with Gasteiger partial charge in [-0.25, -0.2) is 0 Å². The number of hydrogen-bond donors (Lipinski definition) is 11. The Balaban J connectivity index is 2.58. The van der Waals surface area contributed by atoms with E-state index in [-0.39, 0.29) is 32.2 Å². The zero-order chi connectivity index (χ0) is 40.7. The number of aliphatic hydroxyl groups is 1. The summed E-state index contributed by atoms with van der Waals surface area (Å²) in [5, 5.41) is 25.1. The molecule has 54 heavy (non-hydrogen) atoms. The highest BCUT2D eigenvalue weighted by Gasteiger charge is 2.40. The Morgan fingerprint density at radius 3 is 2.20 bits per heavy atom. The van der Waals surface area contributed by atoms with Crippen LogP contribution in [0, 0.1) is 0 Å². The number of carbonyl (C=O) groups excluding carboxylic acids is 9. The third-order valence-electron chi connectivity index (χ3n) is 8.94. The van der Waals surface area contributed by atoms with Crippen LogP contribution < -0.4 is 54.8 Å². The molecule has 2 rings (SSSR count). The lowest BCUT2D eigenvalue weighted by molar-refractivity contribution is -0.143. The molecule has 1 fully saturated rings. The van der Waals surface area contributed by atoms with E-state index in [2.05, 4.69) is 31.9 Å². The maximum atomic E-state index is 13.8. The SMILES string of the molecule is C[C@H](NC(=O)[C@@H]1C/C=C/C[C@H](NC(=O)[C@@H](N)CCCCN)C(=O)N[C@@H](CC(N)=O)C(=O)N2CCC[C@H]2C(=O)N[C@@H](C)C(=O)N[C@@H]([C@@H](C)O)C(=O)N1)C(N)=O. The van der Waals surface area contributed by atoms with E-state index >= 15 is 0 Å². The van der Waals surface area contributed by atoms with Gasteiger partial charge in [0.05, 0.1) is 18.6 Å². The quantitative estimate of drug-likeness (QED) is 0.0655. The van der Waals surface area contributed by atoms with Crippen molar-refractivity contribution in [2.24, 2.45) is 22.9 Å². The van der Waals surface area contributed by atoms with E-state index in [1.54, 1.807) is 0 Å². The number of unbranched alkanes of at least 4 members (excludes halogenated alkanes) is 1. The van der Waals surface area contributed by atoms with Gasteiger partial charge in [-0.3, -0.25) is 43.2 Å². The van der Waals surface area contributed by atoms with Crippen LogP contribution >= 0.6 is 0 Å². The number of amides is 9. The average Bonchev–Trinajstić information content (AvgIpc) is 3.59. The Kier molecular flexibility index (Phi) is 17.9. The van der Waals surface area contributed by atoms with Gasteiger partial charge < -0.3 is 64.8 Å². The van der Waals surface area contributed by atoms with Crippen LogP contribution in [0.25, 0.3) is 0 Å². The maximum absolute atomic E-state index is 13.8. The molecule has 2 aliphatic rings. The second-order valence-corrected chi connectivity index (χ2v) is 13.5. The predicted molar refractivity (Wildman–Crippen MR) is 192 cm³/mol. The highest BCUT2D eigenvalue weighted by atomic mass is 16.3. The van der Waals surface area contributed by atoms with Crippen molar-refractivity contribution in [1.82, 2.24) is 36.8 Å². The largest absolute Gasteiger partial charge is 0.391 e. The van der Waals surface area contributed by atoms with Crippen LogP contribution in [0.15, 0.2) is 12.2 Å². The molecule has 2 aliphatic heterocycles. The zero-order valence-electron chi connectivity index (χ0n) is 30.8. The molecule has 1 saturated heterocycles. The van der Waals surface area contributed by atoms with Crippen LogP contribution in [-0.2, 0) is 43.2 Å². The fourth-order valence-electron chi connectivity index (χ4n) is 5.73. The highest BCUT2D eigenvalue weighted by Crippen LogP contribution is 2.20. The molecule has 0 radical (unpaired) electrons. The minimum Gasteiger partial charge on any atom is -0.391 e. The van der Waals surface area contributed by atoms with Crippen molar-refractivity contribution in [3.8, 4) is 0 Å². The summed E-state index contributed by atoms with van der Waals surface area (Å²) in [6.45, 7) is 4.28. The second-order valence-electron chi connectivity index (χ2n) is 13.5. The number of nitrogens with zero attached hydrogens (tertiary/aromatic N) is 1. The first-order chi connectivity index (χ1) is 25.4. The molecule has 0 aromatic heterocycles. The molecule has 9 amide bonds. The van der Waals surface area contributed by atoms with Gasteiger partial charge in [-0.1, -0.05) is 18.6 Å². The average molecular weight is 766 g/mol. The maximum Gasteiger partial charge on any atom is 0.246 e. The molecule has 9 atom stereocenters. The molecule has 21 heteroatoms. The van der Waals surface area contributed by atoms with E-state index in [1.807, 2.05) is 0 Å². The Hall–Kier alpha value is -5.15. The summed E-state index contributed by atoms with van der Waals surface area (Å²) >= 11 is 0. The topological polar surface area (TPSA) is 353 Å².